The zero-order valence-corrected chi connectivity index (χ0v) is 11.8. The number of rotatable bonds is 1. The van der Waals surface area contributed by atoms with Crippen LogP contribution in [0.4, 0.5) is 10.5 Å². The lowest BCUT2D eigenvalue weighted by Crippen LogP contribution is -2.47. The van der Waals surface area contributed by atoms with E-state index in [0.717, 1.165) is 24.1 Å². The van der Waals surface area contributed by atoms with Gasteiger partial charge in [0, 0.05) is 12.2 Å². The molecule has 1 aliphatic rings. The maximum Gasteiger partial charge on any atom is 0.328 e. The number of anilines is 1. The second-order valence-corrected chi connectivity index (χ2v) is 5.45. The molecule has 0 aliphatic carbocycles. The fraction of sp³-hybridized carbons (Fsp3) is 0.429. The molecule has 3 amide bonds. The Morgan fingerprint density at radius 3 is 2.84 bits per heavy atom. The Bertz CT molecular complexity index is 514. The Morgan fingerprint density at radius 1 is 1.42 bits per heavy atom. The Morgan fingerprint density at radius 2 is 2.16 bits per heavy atom. The fourth-order valence-corrected chi connectivity index (χ4v) is 2.26. The summed E-state index contributed by atoms with van der Waals surface area (Å²) in [5.41, 5.74) is 3.20. The molecule has 0 saturated carbocycles. The molecule has 1 aromatic rings. The minimum atomic E-state index is -0.716. The van der Waals surface area contributed by atoms with E-state index < -0.39 is 17.3 Å². The monoisotopic (exact) mass is 280 g/mol. The first kappa shape index (κ1) is 13.9. The summed E-state index contributed by atoms with van der Waals surface area (Å²) in [5, 5.41) is 1.60. The second kappa shape index (κ2) is 5.61. The summed E-state index contributed by atoms with van der Waals surface area (Å²) >= 11 is 5.65. The Hall–Kier alpha value is -1.55. The van der Waals surface area contributed by atoms with Crippen molar-refractivity contribution in [2.75, 3.05) is 11.4 Å². The maximum absolute atomic E-state index is 12.1. The molecule has 1 unspecified atom stereocenters. The molecule has 5 heteroatoms. The van der Waals surface area contributed by atoms with Crippen LogP contribution in [0.3, 0.4) is 0 Å². The highest BCUT2D eigenvalue weighted by Crippen LogP contribution is 2.27. The number of hydrogen-bond acceptors (Lipinski definition) is 2. The van der Waals surface area contributed by atoms with Crippen LogP contribution in [0, 0.1) is 6.92 Å². The summed E-state index contributed by atoms with van der Waals surface area (Å²) < 4.78 is 0. The molecule has 1 heterocycles. The van der Waals surface area contributed by atoms with Gasteiger partial charge in [-0.15, -0.1) is 11.6 Å². The van der Waals surface area contributed by atoms with Crippen molar-refractivity contribution in [2.45, 2.75) is 32.1 Å². The zero-order chi connectivity index (χ0) is 14.0. The number of amides is 3. The number of carbonyl (C=O) groups is 2. The minimum absolute atomic E-state index is 0.401. The van der Waals surface area contributed by atoms with Crippen molar-refractivity contribution < 1.29 is 9.59 Å². The van der Waals surface area contributed by atoms with E-state index in [9.17, 15) is 9.59 Å². The van der Waals surface area contributed by atoms with Crippen LogP contribution in [-0.4, -0.2) is 23.9 Å². The van der Waals surface area contributed by atoms with Gasteiger partial charge in [0.2, 0.25) is 5.91 Å². The molecule has 1 atom stereocenters. The highest BCUT2D eigenvalue weighted by atomic mass is 35.5. The van der Waals surface area contributed by atoms with Crippen LogP contribution in [0.1, 0.15) is 24.5 Å². The van der Waals surface area contributed by atoms with Crippen LogP contribution >= 0.6 is 11.6 Å². The third-order valence-corrected chi connectivity index (χ3v) is 3.39. The van der Waals surface area contributed by atoms with E-state index in [2.05, 4.69) is 11.4 Å². The van der Waals surface area contributed by atoms with Crippen LogP contribution in [0.25, 0.3) is 0 Å². The molecule has 4 nitrogen and oxygen atoms in total. The van der Waals surface area contributed by atoms with Gasteiger partial charge in [0.15, 0.2) is 0 Å². The molecular formula is C14H17ClN2O2. The number of imide groups is 1. The van der Waals surface area contributed by atoms with Crippen molar-refractivity contribution in [3.63, 3.8) is 0 Å². The number of carbonyl (C=O) groups excluding carboxylic acids is 2. The SMILES string of the molecule is Cc1ccc2c(c1)CCCN2C(=O)NC(=O)C(C)Cl. The third-order valence-electron chi connectivity index (χ3n) is 3.19. The number of alkyl halides is 1. The highest BCUT2D eigenvalue weighted by molar-refractivity contribution is 6.31. The third kappa shape index (κ3) is 3.07. The van der Waals surface area contributed by atoms with Gasteiger partial charge in [0.25, 0.3) is 0 Å². The van der Waals surface area contributed by atoms with Gasteiger partial charge >= 0.3 is 6.03 Å². The van der Waals surface area contributed by atoms with Gasteiger partial charge in [-0.05, 0) is 38.3 Å². The molecule has 1 aliphatic heterocycles. The first-order chi connectivity index (χ1) is 8.99. The lowest BCUT2D eigenvalue weighted by atomic mass is 10.00. The van der Waals surface area contributed by atoms with Gasteiger partial charge in [-0.2, -0.15) is 0 Å². The predicted molar refractivity (Wildman–Crippen MR) is 75.7 cm³/mol. The topological polar surface area (TPSA) is 49.4 Å². The molecule has 19 heavy (non-hydrogen) atoms. The molecule has 0 spiro atoms. The number of fused-ring (bicyclic) bond motifs is 1. The number of aryl methyl sites for hydroxylation is 2. The Balaban J connectivity index is 2.19. The average molecular weight is 281 g/mol. The van der Waals surface area contributed by atoms with E-state index in [4.69, 9.17) is 11.6 Å². The van der Waals surface area contributed by atoms with Crippen molar-refractivity contribution in [2.24, 2.45) is 0 Å². The van der Waals surface area contributed by atoms with Crippen LogP contribution < -0.4 is 10.2 Å². The fourth-order valence-electron chi connectivity index (χ4n) is 2.21. The zero-order valence-electron chi connectivity index (χ0n) is 11.1. The van der Waals surface area contributed by atoms with Crippen molar-refractivity contribution in [3.05, 3.63) is 29.3 Å². The first-order valence-electron chi connectivity index (χ1n) is 6.35. The lowest BCUT2D eigenvalue weighted by Gasteiger charge is -2.29. The van der Waals surface area contributed by atoms with Crippen LogP contribution in [0.2, 0.25) is 0 Å². The molecule has 0 radical (unpaired) electrons. The summed E-state index contributed by atoms with van der Waals surface area (Å²) in [6.45, 7) is 4.18. The number of benzene rings is 1. The summed E-state index contributed by atoms with van der Waals surface area (Å²) in [7, 11) is 0. The normalized spacial score (nSPS) is 15.6. The number of hydrogen-bond donors (Lipinski definition) is 1. The molecule has 1 N–H and O–H groups in total. The Kier molecular flexibility index (Phi) is 4.10. The second-order valence-electron chi connectivity index (χ2n) is 4.80. The molecule has 0 saturated heterocycles. The highest BCUT2D eigenvalue weighted by Gasteiger charge is 2.24. The number of halogens is 1. The van der Waals surface area contributed by atoms with E-state index in [0.29, 0.717) is 6.54 Å². The van der Waals surface area contributed by atoms with Gasteiger partial charge in [-0.25, -0.2) is 4.79 Å². The quantitative estimate of drug-likeness (QED) is 0.804. The van der Waals surface area contributed by atoms with Gasteiger partial charge in [-0.3, -0.25) is 15.0 Å². The maximum atomic E-state index is 12.1. The van der Waals surface area contributed by atoms with Crippen molar-refractivity contribution in [3.8, 4) is 0 Å². The van der Waals surface area contributed by atoms with Gasteiger partial charge in [-0.1, -0.05) is 17.7 Å². The molecule has 1 aromatic carbocycles. The van der Waals surface area contributed by atoms with E-state index in [1.807, 2.05) is 19.1 Å². The van der Waals surface area contributed by atoms with E-state index in [1.165, 1.54) is 12.5 Å². The van der Waals surface area contributed by atoms with Gasteiger partial charge in [0.05, 0.1) is 0 Å². The average Bonchev–Trinajstić information content (AvgIpc) is 2.37. The van der Waals surface area contributed by atoms with Crippen molar-refractivity contribution in [1.82, 2.24) is 5.32 Å². The summed E-state index contributed by atoms with van der Waals surface area (Å²) in [4.78, 5) is 25.2. The predicted octanol–water partition coefficient (Wildman–Crippen LogP) is 2.61. The summed E-state index contributed by atoms with van der Waals surface area (Å²) in [6.07, 6.45) is 1.86. The van der Waals surface area contributed by atoms with E-state index >= 15 is 0 Å². The molecular weight excluding hydrogens is 264 g/mol. The Labute approximate surface area is 117 Å². The van der Waals surface area contributed by atoms with Crippen molar-refractivity contribution in [1.29, 1.82) is 0 Å². The van der Waals surface area contributed by atoms with Gasteiger partial charge < -0.3 is 0 Å². The molecule has 102 valence electrons. The van der Waals surface area contributed by atoms with Crippen molar-refractivity contribution >= 4 is 29.2 Å². The van der Waals surface area contributed by atoms with E-state index in [1.54, 1.807) is 4.90 Å². The standard InChI is InChI=1S/C14H17ClN2O2/c1-9-5-6-12-11(8-9)4-3-7-17(12)14(19)16-13(18)10(2)15/h5-6,8,10H,3-4,7H2,1-2H3,(H,16,18,19). The summed E-state index contributed by atoms with van der Waals surface area (Å²) in [6, 6.07) is 5.58. The first-order valence-corrected chi connectivity index (χ1v) is 6.78. The number of nitrogens with one attached hydrogen (secondary N) is 1. The molecule has 2 rings (SSSR count). The molecule has 0 fully saturated rings. The smallest absolute Gasteiger partial charge is 0.294 e. The van der Waals surface area contributed by atoms with Gasteiger partial charge in [0.1, 0.15) is 5.38 Å². The molecule has 0 aromatic heterocycles. The largest absolute Gasteiger partial charge is 0.328 e. The molecule has 0 bridgehead atoms. The lowest BCUT2D eigenvalue weighted by molar-refractivity contribution is -0.119. The minimum Gasteiger partial charge on any atom is -0.294 e. The van der Waals surface area contributed by atoms with Crippen LogP contribution in [-0.2, 0) is 11.2 Å². The summed E-state index contributed by atoms with van der Waals surface area (Å²) in [5.74, 6) is -0.467. The van der Waals surface area contributed by atoms with Crippen LogP contribution in [0.15, 0.2) is 18.2 Å². The van der Waals surface area contributed by atoms with E-state index in [-0.39, 0.29) is 0 Å². The number of urea groups is 1. The number of nitrogens with zero attached hydrogens (tertiary/aromatic N) is 1. The van der Waals surface area contributed by atoms with Crippen LogP contribution in [0.5, 0.6) is 0 Å².